The number of carbonyl (C=O) groups is 1. The summed E-state index contributed by atoms with van der Waals surface area (Å²) in [4.78, 5) is 12.0. The first-order chi connectivity index (χ1) is 3.94. The van der Waals surface area contributed by atoms with Crippen molar-refractivity contribution >= 4 is 28.6 Å². The molecule has 1 N–H and O–H groups in total. The van der Waals surface area contributed by atoms with E-state index in [4.69, 9.17) is 5.11 Å². The van der Waals surface area contributed by atoms with Crippen LogP contribution in [0.3, 0.4) is 0 Å². The van der Waals surface area contributed by atoms with Crippen LogP contribution in [-0.2, 0) is 4.79 Å². The monoisotopic (exact) mass is 244 g/mol. The summed E-state index contributed by atoms with van der Waals surface area (Å²) in [7, 11) is 0. The second-order valence-electron chi connectivity index (χ2n) is 2.56. The molecule has 9 heavy (non-hydrogen) atoms. The lowest BCUT2D eigenvalue weighted by molar-refractivity contribution is -0.145. The fraction of sp³-hybridized carbons (Fsp3) is 0.833. The number of hydrogen-bond acceptors (Lipinski definition) is 1. The van der Waals surface area contributed by atoms with E-state index in [1.165, 1.54) is 0 Å². The van der Waals surface area contributed by atoms with Crippen molar-refractivity contribution in [2.45, 2.75) is 20.8 Å². The Hall–Kier alpha value is 0.200. The van der Waals surface area contributed by atoms with E-state index >= 15 is 0 Å². The summed E-state index contributed by atoms with van der Waals surface area (Å²) in [6, 6.07) is 0. The van der Waals surface area contributed by atoms with Crippen molar-refractivity contribution in [1.82, 2.24) is 0 Å². The molecule has 3 heteroatoms. The van der Waals surface area contributed by atoms with Crippen molar-refractivity contribution in [3.8, 4) is 0 Å². The summed E-state index contributed by atoms with van der Waals surface area (Å²) >= 11 is 2.15. The molecule has 0 fully saturated rings. The second-order valence-corrected chi connectivity index (χ2v) is 2.56. The molecule has 2 nitrogen and oxygen atoms in total. The van der Waals surface area contributed by atoms with Crippen LogP contribution in [-0.4, -0.2) is 16.0 Å². The Labute approximate surface area is 69.8 Å². The van der Waals surface area contributed by atoms with Gasteiger partial charge < -0.3 is 5.11 Å². The van der Waals surface area contributed by atoms with Gasteiger partial charge in [-0.05, 0) is 25.7 Å². The van der Waals surface area contributed by atoms with Crippen LogP contribution in [0.15, 0.2) is 0 Å². The first kappa shape index (κ1) is 11.9. The molecule has 0 atom stereocenters. The Balaban J connectivity index is 0. The maximum absolute atomic E-state index is 10.0. The molecule has 0 bridgehead atoms. The zero-order valence-electron chi connectivity index (χ0n) is 6.23. The van der Waals surface area contributed by atoms with E-state index in [0.717, 1.165) is 0 Å². The summed E-state index contributed by atoms with van der Waals surface area (Å²) in [5, 5.41) is 8.25. The van der Waals surface area contributed by atoms with Gasteiger partial charge in [-0.1, -0.05) is 22.6 Å². The lowest BCUT2D eigenvalue weighted by Crippen LogP contribution is -2.18. The van der Waals surface area contributed by atoms with Gasteiger partial charge in [-0.15, -0.1) is 0 Å². The molecule has 56 valence electrons. The zero-order valence-corrected chi connectivity index (χ0v) is 8.39. The van der Waals surface area contributed by atoms with Crippen molar-refractivity contribution < 1.29 is 9.90 Å². The van der Waals surface area contributed by atoms with E-state index in [1.807, 2.05) is 4.93 Å². The summed E-state index contributed by atoms with van der Waals surface area (Å²) in [6.45, 7) is 4.99. The SMILES string of the molecule is CC(C)(C)C(=O)O.CI. The predicted molar refractivity (Wildman–Crippen MR) is 47.0 cm³/mol. The third-order valence-corrected chi connectivity index (χ3v) is 0.642. The number of rotatable bonds is 0. The summed E-state index contributed by atoms with van der Waals surface area (Å²) in [5.41, 5.74) is -0.583. The lowest BCUT2D eigenvalue weighted by Gasteiger charge is -2.08. The first-order valence-corrected chi connectivity index (χ1v) is 4.71. The number of halogens is 1. The maximum atomic E-state index is 10.0. The fourth-order valence-corrected chi connectivity index (χ4v) is 0. The highest BCUT2D eigenvalue weighted by Gasteiger charge is 2.18. The van der Waals surface area contributed by atoms with Crippen molar-refractivity contribution in [2.24, 2.45) is 5.41 Å². The van der Waals surface area contributed by atoms with Crippen LogP contribution in [0, 0.1) is 5.41 Å². The number of alkyl halides is 1. The summed E-state index contributed by atoms with van der Waals surface area (Å²) < 4.78 is 0. The van der Waals surface area contributed by atoms with Gasteiger partial charge in [-0.25, -0.2) is 0 Å². The Morgan fingerprint density at radius 3 is 1.44 bits per heavy atom. The van der Waals surface area contributed by atoms with Gasteiger partial charge in [0.15, 0.2) is 0 Å². The summed E-state index contributed by atoms with van der Waals surface area (Å²) in [5.74, 6) is -0.757. The Morgan fingerprint density at radius 2 is 1.44 bits per heavy atom. The Morgan fingerprint density at radius 1 is 1.33 bits per heavy atom. The van der Waals surface area contributed by atoms with Gasteiger partial charge in [0.05, 0.1) is 5.41 Å². The molecule has 0 saturated carbocycles. The molecule has 0 saturated heterocycles. The molecule has 0 radical (unpaired) electrons. The normalized spacial score (nSPS) is 9.44. The third-order valence-electron chi connectivity index (χ3n) is 0.642. The van der Waals surface area contributed by atoms with Gasteiger partial charge >= 0.3 is 5.97 Å². The Kier molecular flexibility index (Phi) is 6.66. The van der Waals surface area contributed by atoms with Gasteiger partial charge in [0.1, 0.15) is 0 Å². The highest BCUT2D eigenvalue weighted by atomic mass is 127. The molecule has 0 heterocycles. The van der Waals surface area contributed by atoms with Gasteiger partial charge in [-0.3, -0.25) is 4.79 Å². The molecular weight excluding hydrogens is 231 g/mol. The van der Waals surface area contributed by atoms with E-state index in [1.54, 1.807) is 20.8 Å². The molecule has 0 aliphatic rings. The van der Waals surface area contributed by atoms with Crippen molar-refractivity contribution in [3.63, 3.8) is 0 Å². The molecule has 0 aromatic heterocycles. The Bertz CT molecular complexity index is 83.5. The maximum Gasteiger partial charge on any atom is 0.308 e. The van der Waals surface area contributed by atoms with Crippen molar-refractivity contribution in [1.29, 1.82) is 0 Å². The van der Waals surface area contributed by atoms with Crippen LogP contribution < -0.4 is 0 Å². The number of hydrogen-bond donors (Lipinski definition) is 1. The van der Waals surface area contributed by atoms with E-state index in [-0.39, 0.29) is 0 Å². The smallest absolute Gasteiger partial charge is 0.308 e. The zero-order chi connectivity index (χ0) is 8.08. The van der Waals surface area contributed by atoms with Crippen LogP contribution in [0.1, 0.15) is 20.8 Å². The van der Waals surface area contributed by atoms with Crippen LogP contribution in [0.5, 0.6) is 0 Å². The highest BCUT2D eigenvalue weighted by Crippen LogP contribution is 2.11. The average molecular weight is 244 g/mol. The first-order valence-electron chi connectivity index (χ1n) is 2.56. The third kappa shape index (κ3) is 8.20. The van der Waals surface area contributed by atoms with Crippen LogP contribution in [0.25, 0.3) is 0 Å². The standard InChI is InChI=1S/C5H10O2.CH3I/c1-5(2,3)4(6)7;1-2/h1-3H3,(H,6,7);1H3. The number of carboxylic acids is 1. The van der Waals surface area contributed by atoms with Gasteiger partial charge in [-0.2, -0.15) is 0 Å². The molecule has 0 aromatic rings. The van der Waals surface area contributed by atoms with E-state index in [2.05, 4.69) is 22.6 Å². The lowest BCUT2D eigenvalue weighted by atomic mass is 9.98. The van der Waals surface area contributed by atoms with Gasteiger partial charge in [0.2, 0.25) is 0 Å². The molecule has 0 aliphatic heterocycles. The van der Waals surface area contributed by atoms with Crippen LogP contribution in [0.4, 0.5) is 0 Å². The van der Waals surface area contributed by atoms with Crippen molar-refractivity contribution in [2.75, 3.05) is 4.93 Å². The average Bonchev–Trinajstić information content (AvgIpc) is 1.69. The van der Waals surface area contributed by atoms with E-state index < -0.39 is 11.4 Å². The molecule has 0 spiro atoms. The molecule has 0 aliphatic carbocycles. The van der Waals surface area contributed by atoms with Gasteiger partial charge in [0, 0.05) is 0 Å². The minimum absolute atomic E-state index is 0.583. The minimum atomic E-state index is -0.757. The van der Waals surface area contributed by atoms with Crippen LogP contribution >= 0.6 is 22.6 Å². The van der Waals surface area contributed by atoms with E-state index in [0.29, 0.717) is 0 Å². The highest BCUT2D eigenvalue weighted by molar-refractivity contribution is 14.1. The molecule has 0 unspecified atom stereocenters. The largest absolute Gasteiger partial charge is 0.481 e. The predicted octanol–water partition coefficient (Wildman–Crippen LogP) is 2.17. The second kappa shape index (κ2) is 5.02. The van der Waals surface area contributed by atoms with Crippen molar-refractivity contribution in [3.05, 3.63) is 0 Å². The minimum Gasteiger partial charge on any atom is -0.481 e. The molecule has 0 amide bonds. The molecule has 0 rings (SSSR count). The fourth-order valence-electron chi connectivity index (χ4n) is 0. The summed E-state index contributed by atoms with van der Waals surface area (Å²) in [6.07, 6.45) is 0. The number of aliphatic carboxylic acids is 1. The van der Waals surface area contributed by atoms with E-state index in [9.17, 15) is 4.79 Å². The molecular formula is C6H13IO2. The molecule has 0 aromatic carbocycles. The van der Waals surface area contributed by atoms with Gasteiger partial charge in [0.25, 0.3) is 0 Å². The quantitative estimate of drug-likeness (QED) is 0.523. The number of carboxylic acid groups (broad SMARTS) is 1. The van der Waals surface area contributed by atoms with Crippen LogP contribution in [0.2, 0.25) is 0 Å². The topological polar surface area (TPSA) is 37.3 Å².